The molecule has 24 heavy (non-hydrogen) atoms. The Balaban J connectivity index is 1.49. The zero-order chi connectivity index (χ0) is 17.1. The number of aryl methyl sites for hydroxylation is 1. The second kappa shape index (κ2) is 7.38. The first-order valence-corrected chi connectivity index (χ1v) is 9.02. The summed E-state index contributed by atoms with van der Waals surface area (Å²) in [5, 5.41) is 6.84. The summed E-state index contributed by atoms with van der Waals surface area (Å²) in [5.41, 5.74) is -0.0857. The van der Waals surface area contributed by atoms with Crippen LogP contribution in [-0.2, 0) is 6.54 Å². The van der Waals surface area contributed by atoms with Crippen molar-refractivity contribution in [3.63, 3.8) is 0 Å². The number of nitrogens with zero attached hydrogens (tertiary/aromatic N) is 3. The van der Waals surface area contributed by atoms with Gasteiger partial charge in [0.2, 0.25) is 0 Å². The number of nitrogens with one attached hydrogen (secondary N) is 1. The molecule has 0 bridgehead atoms. The van der Waals surface area contributed by atoms with Crippen molar-refractivity contribution >= 4 is 0 Å². The van der Waals surface area contributed by atoms with E-state index in [0.29, 0.717) is 18.4 Å². The predicted octanol–water partition coefficient (Wildman–Crippen LogP) is 2.87. The van der Waals surface area contributed by atoms with Gasteiger partial charge < -0.3 is 9.32 Å². The number of furan rings is 1. The van der Waals surface area contributed by atoms with Crippen molar-refractivity contribution < 1.29 is 4.42 Å². The van der Waals surface area contributed by atoms with E-state index in [4.69, 9.17) is 4.42 Å². The van der Waals surface area contributed by atoms with Gasteiger partial charge in [0.1, 0.15) is 17.3 Å². The molecule has 132 valence electrons. The molecule has 2 aromatic heterocycles. The molecule has 1 saturated heterocycles. The maximum atomic E-state index is 11.7. The van der Waals surface area contributed by atoms with Crippen LogP contribution in [-0.4, -0.2) is 39.3 Å². The zero-order valence-corrected chi connectivity index (χ0v) is 14.9. The Hall–Kier alpha value is -1.82. The molecule has 0 saturated carbocycles. The topological polar surface area (TPSA) is 67.1 Å². The number of rotatable bonds is 6. The number of likely N-dealkylation sites (tertiary alicyclic amines) is 1. The fourth-order valence-electron chi connectivity index (χ4n) is 3.60. The van der Waals surface area contributed by atoms with Crippen LogP contribution in [0.2, 0.25) is 0 Å². The summed E-state index contributed by atoms with van der Waals surface area (Å²) in [6, 6.07) is 4.13. The van der Waals surface area contributed by atoms with Gasteiger partial charge >= 0.3 is 5.69 Å². The van der Waals surface area contributed by atoms with Gasteiger partial charge in [-0.05, 0) is 64.9 Å². The molecule has 3 rings (SSSR count). The first-order valence-electron chi connectivity index (χ1n) is 9.02. The normalized spacial score (nSPS) is 18.1. The Labute approximate surface area is 142 Å². The van der Waals surface area contributed by atoms with Crippen LogP contribution < -0.4 is 5.69 Å². The molecule has 3 heterocycles. The maximum absolute atomic E-state index is 11.7. The van der Waals surface area contributed by atoms with Crippen molar-refractivity contribution in [3.05, 3.63) is 40.0 Å². The van der Waals surface area contributed by atoms with Gasteiger partial charge in [-0.1, -0.05) is 6.92 Å². The van der Waals surface area contributed by atoms with Gasteiger partial charge in [-0.15, -0.1) is 0 Å². The highest BCUT2D eigenvalue weighted by molar-refractivity contribution is 5.09. The SMILES string of the molecule is CCn1c(C2CCN(CC[C@H](C)c3ccc(C)o3)CC2)n[nH]c1=O. The van der Waals surface area contributed by atoms with Crippen molar-refractivity contribution in [1.29, 1.82) is 0 Å². The minimum Gasteiger partial charge on any atom is -0.466 e. The molecule has 1 N–H and O–H groups in total. The summed E-state index contributed by atoms with van der Waals surface area (Å²) in [4.78, 5) is 14.2. The van der Waals surface area contributed by atoms with E-state index >= 15 is 0 Å². The van der Waals surface area contributed by atoms with Gasteiger partial charge in [-0.3, -0.25) is 4.57 Å². The van der Waals surface area contributed by atoms with Gasteiger partial charge in [-0.2, -0.15) is 5.10 Å². The van der Waals surface area contributed by atoms with Crippen LogP contribution >= 0.6 is 0 Å². The predicted molar refractivity (Wildman–Crippen MR) is 93.4 cm³/mol. The second-order valence-corrected chi connectivity index (χ2v) is 6.89. The standard InChI is InChI=1S/C18H28N4O2/c1-4-22-17(19-20-18(22)23)15-8-11-21(12-9-15)10-7-13(2)16-6-5-14(3)24-16/h5-6,13,15H,4,7-12H2,1-3H3,(H,20,23)/t13-/m0/s1. The molecule has 1 atom stereocenters. The van der Waals surface area contributed by atoms with Crippen LogP contribution in [0, 0.1) is 6.92 Å². The lowest BCUT2D eigenvalue weighted by molar-refractivity contribution is 0.200. The molecule has 0 radical (unpaired) electrons. The summed E-state index contributed by atoms with van der Waals surface area (Å²) in [7, 11) is 0. The van der Waals surface area contributed by atoms with Crippen LogP contribution in [0.3, 0.4) is 0 Å². The van der Waals surface area contributed by atoms with Crippen LogP contribution in [0.5, 0.6) is 0 Å². The van der Waals surface area contributed by atoms with Crippen molar-refractivity contribution in [2.75, 3.05) is 19.6 Å². The van der Waals surface area contributed by atoms with E-state index in [1.54, 1.807) is 4.57 Å². The van der Waals surface area contributed by atoms with E-state index in [9.17, 15) is 4.79 Å². The average Bonchev–Trinajstić information content (AvgIpc) is 3.18. The Kier molecular flexibility index (Phi) is 5.23. The van der Waals surface area contributed by atoms with E-state index in [1.807, 2.05) is 19.9 Å². The third-order valence-corrected chi connectivity index (χ3v) is 5.18. The number of hydrogen-bond donors (Lipinski definition) is 1. The minimum absolute atomic E-state index is 0.0857. The van der Waals surface area contributed by atoms with E-state index < -0.39 is 0 Å². The molecule has 0 unspecified atom stereocenters. The molecular formula is C18H28N4O2. The molecule has 0 amide bonds. The third kappa shape index (κ3) is 3.64. The monoisotopic (exact) mass is 332 g/mol. The van der Waals surface area contributed by atoms with E-state index in [0.717, 1.165) is 56.2 Å². The largest absolute Gasteiger partial charge is 0.466 e. The maximum Gasteiger partial charge on any atom is 0.343 e. The van der Waals surface area contributed by atoms with Gasteiger partial charge in [0.05, 0.1) is 0 Å². The highest BCUT2D eigenvalue weighted by atomic mass is 16.3. The lowest BCUT2D eigenvalue weighted by Crippen LogP contribution is -2.35. The van der Waals surface area contributed by atoms with Crippen LogP contribution in [0.15, 0.2) is 21.3 Å². The summed E-state index contributed by atoms with van der Waals surface area (Å²) in [6.07, 6.45) is 3.25. The Morgan fingerprint density at radius 3 is 2.75 bits per heavy atom. The molecule has 1 aliphatic heterocycles. The fraction of sp³-hybridized carbons (Fsp3) is 0.667. The molecule has 2 aromatic rings. The van der Waals surface area contributed by atoms with E-state index in [2.05, 4.69) is 28.1 Å². The molecule has 1 aliphatic rings. The Morgan fingerprint density at radius 2 is 2.12 bits per heavy atom. The summed E-state index contributed by atoms with van der Waals surface area (Å²) >= 11 is 0. The highest BCUT2D eigenvalue weighted by Gasteiger charge is 2.25. The number of aromatic amines is 1. The third-order valence-electron chi connectivity index (χ3n) is 5.18. The van der Waals surface area contributed by atoms with Crippen molar-refractivity contribution in [1.82, 2.24) is 19.7 Å². The fourth-order valence-corrected chi connectivity index (χ4v) is 3.60. The average molecular weight is 332 g/mol. The van der Waals surface area contributed by atoms with E-state index in [1.165, 1.54) is 0 Å². The Morgan fingerprint density at radius 1 is 1.38 bits per heavy atom. The molecule has 0 spiro atoms. The van der Waals surface area contributed by atoms with Crippen molar-refractivity contribution in [3.8, 4) is 0 Å². The molecule has 0 aliphatic carbocycles. The van der Waals surface area contributed by atoms with Gasteiger partial charge in [0.25, 0.3) is 0 Å². The number of hydrogen-bond acceptors (Lipinski definition) is 4. The number of piperidine rings is 1. The van der Waals surface area contributed by atoms with Crippen LogP contribution in [0.25, 0.3) is 0 Å². The minimum atomic E-state index is -0.0857. The number of H-pyrrole nitrogens is 1. The van der Waals surface area contributed by atoms with Crippen molar-refractivity contribution in [2.45, 2.75) is 58.4 Å². The lowest BCUT2D eigenvalue weighted by Gasteiger charge is -2.32. The quantitative estimate of drug-likeness (QED) is 0.883. The highest BCUT2D eigenvalue weighted by Crippen LogP contribution is 2.27. The lowest BCUT2D eigenvalue weighted by atomic mass is 9.95. The molecule has 0 aromatic carbocycles. The molecule has 6 heteroatoms. The summed E-state index contributed by atoms with van der Waals surface area (Å²) < 4.78 is 7.49. The molecular weight excluding hydrogens is 304 g/mol. The second-order valence-electron chi connectivity index (χ2n) is 6.89. The van der Waals surface area contributed by atoms with Crippen LogP contribution in [0.1, 0.15) is 62.3 Å². The smallest absolute Gasteiger partial charge is 0.343 e. The first-order chi connectivity index (χ1) is 11.6. The van der Waals surface area contributed by atoms with Gasteiger partial charge in [0.15, 0.2) is 0 Å². The Bertz CT molecular complexity index is 707. The molecule has 6 nitrogen and oxygen atoms in total. The van der Waals surface area contributed by atoms with Crippen molar-refractivity contribution in [2.24, 2.45) is 0 Å². The summed E-state index contributed by atoms with van der Waals surface area (Å²) in [5.74, 6) is 3.85. The van der Waals surface area contributed by atoms with Gasteiger partial charge in [-0.25, -0.2) is 9.89 Å². The summed E-state index contributed by atoms with van der Waals surface area (Å²) in [6.45, 7) is 10.1. The number of aromatic nitrogens is 3. The van der Waals surface area contributed by atoms with Gasteiger partial charge in [0, 0.05) is 18.4 Å². The molecule has 1 fully saturated rings. The zero-order valence-electron chi connectivity index (χ0n) is 14.9. The van der Waals surface area contributed by atoms with Crippen LogP contribution in [0.4, 0.5) is 0 Å². The first kappa shape index (κ1) is 17.0. The van der Waals surface area contributed by atoms with E-state index in [-0.39, 0.29) is 5.69 Å².